The van der Waals surface area contributed by atoms with Gasteiger partial charge in [-0.25, -0.2) is 4.39 Å². The summed E-state index contributed by atoms with van der Waals surface area (Å²) in [7, 11) is 0. The Balaban J connectivity index is 2.17. The van der Waals surface area contributed by atoms with Crippen LogP contribution in [0.5, 0.6) is 0 Å². The quantitative estimate of drug-likeness (QED) is 0.906. The minimum atomic E-state index is -0.362. The second kappa shape index (κ2) is 5.22. The van der Waals surface area contributed by atoms with Gasteiger partial charge < -0.3 is 10.1 Å². The number of halogens is 1. The van der Waals surface area contributed by atoms with Crippen molar-refractivity contribution in [2.45, 2.75) is 45.3 Å². The van der Waals surface area contributed by atoms with Gasteiger partial charge in [0.1, 0.15) is 5.82 Å². The normalized spacial score (nSPS) is 31.7. The Morgan fingerprint density at radius 3 is 2.58 bits per heavy atom. The maximum Gasteiger partial charge on any atom is 0.126 e. The summed E-state index contributed by atoms with van der Waals surface area (Å²) in [6.45, 7) is 10.1. The molecule has 1 aliphatic heterocycles. The third-order valence-corrected chi connectivity index (χ3v) is 4.20. The standard InChI is InChI=1S/C16H24FNO/c1-12(2)16(4)11-18-10-15(3,19-16)9-13-7-5-6-8-14(13)17/h5-8,12,18H,9-11H2,1-4H3. The molecule has 3 heteroatoms. The van der Waals surface area contributed by atoms with E-state index in [2.05, 4.69) is 33.0 Å². The number of rotatable bonds is 3. The molecule has 0 bridgehead atoms. The fourth-order valence-corrected chi connectivity index (χ4v) is 2.68. The lowest BCUT2D eigenvalue weighted by Crippen LogP contribution is -2.60. The van der Waals surface area contributed by atoms with E-state index in [0.29, 0.717) is 12.3 Å². The number of nitrogens with one attached hydrogen (secondary N) is 1. The third kappa shape index (κ3) is 3.15. The summed E-state index contributed by atoms with van der Waals surface area (Å²) >= 11 is 0. The first kappa shape index (κ1) is 14.5. The molecular weight excluding hydrogens is 241 g/mol. The van der Waals surface area contributed by atoms with Crippen LogP contribution in [0.4, 0.5) is 4.39 Å². The molecule has 0 radical (unpaired) electrons. The molecule has 0 spiro atoms. The van der Waals surface area contributed by atoms with Crippen molar-refractivity contribution in [2.75, 3.05) is 13.1 Å². The van der Waals surface area contributed by atoms with Crippen molar-refractivity contribution in [3.8, 4) is 0 Å². The summed E-state index contributed by atoms with van der Waals surface area (Å²) in [6, 6.07) is 6.95. The second-order valence-corrected chi connectivity index (χ2v) is 6.39. The van der Waals surface area contributed by atoms with E-state index in [1.807, 2.05) is 12.1 Å². The predicted molar refractivity (Wildman–Crippen MR) is 75.7 cm³/mol. The van der Waals surface area contributed by atoms with E-state index >= 15 is 0 Å². The zero-order chi connectivity index (χ0) is 14.1. The average molecular weight is 265 g/mol. The number of morpholine rings is 1. The van der Waals surface area contributed by atoms with Crippen LogP contribution in [0.25, 0.3) is 0 Å². The van der Waals surface area contributed by atoms with E-state index in [1.54, 1.807) is 6.07 Å². The van der Waals surface area contributed by atoms with Crippen molar-refractivity contribution in [3.05, 3.63) is 35.6 Å². The van der Waals surface area contributed by atoms with Gasteiger partial charge in [-0.2, -0.15) is 0 Å². The van der Waals surface area contributed by atoms with Gasteiger partial charge in [-0.15, -0.1) is 0 Å². The van der Waals surface area contributed by atoms with Gasteiger partial charge in [0.15, 0.2) is 0 Å². The Kier molecular flexibility index (Phi) is 3.98. The van der Waals surface area contributed by atoms with E-state index < -0.39 is 0 Å². The molecule has 1 aliphatic rings. The Morgan fingerprint density at radius 1 is 1.26 bits per heavy atom. The van der Waals surface area contributed by atoms with Gasteiger partial charge in [-0.3, -0.25) is 0 Å². The average Bonchev–Trinajstić information content (AvgIpc) is 2.31. The summed E-state index contributed by atoms with van der Waals surface area (Å²) in [5, 5.41) is 3.44. The molecule has 0 saturated carbocycles. The summed E-state index contributed by atoms with van der Waals surface area (Å²) in [4.78, 5) is 0. The first-order valence-corrected chi connectivity index (χ1v) is 6.99. The highest BCUT2D eigenvalue weighted by Crippen LogP contribution is 2.32. The highest BCUT2D eigenvalue weighted by atomic mass is 19.1. The Bertz CT molecular complexity index is 448. The van der Waals surface area contributed by atoms with Crippen LogP contribution in [0.15, 0.2) is 24.3 Å². The molecule has 1 saturated heterocycles. The van der Waals surface area contributed by atoms with E-state index in [1.165, 1.54) is 6.07 Å². The molecule has 1 fully saturated rings. The predicted octanol–water partition coefficient (Wildman–Crippen LogP) is 3.16. The molecule has 2 unspecified atom stereocenters. The molecule has 0 aliphatic carbocycles. The number of ether oxygens (including phenoxy) is 1. The largest absolute Gasteiger partial charge is 0.366 e. The first-order valence-electron chi connectivity index (χ1n) is 6.99. The van der Waals surface area contributed by atoms with E-state index in [9.17, 15) is 4.39 Å². The van der Waals surface area contributed by atoms with Crippen molar-refractivity contribution in [2.24, 2.45) is 5.92 Å². The van der Waals surface area contributed by atoms with Crippen LogP contribution >= 0.6 is 0 Å². The Hall–Kier alpha value is -0.930. The number of benzene rings is 1. The van der Waals surface area contributed by atoms with Gasteiger partial charge in [0, 0.05) is 19.5 Å². The van der Waals surface area contributed by atoms with Crippen molar-refractivity contribution in [3.63, 3.8) is 0 Å². The van der Waals surface area contributed by atoms with Gasteiger partial charge in [-0.05, 0) is 31.4 Å². The molecule has 19 heavy (non-hydrogen) atoms. The summed E-state index contributed by atoms with van der Waals surface area (Å²) in [5.41, 5.74) is 0.164. The smallest absolute Gasteiger partial charge is 0.126 e. The van der Waals surface area contributed by atoms with Gasteiger partial charge in [0.2, 0.25) is 0 Å². The monoisotopic (exact) mass is 265 g/mol. The minimum Gasteiger partial charge on any atom is -0.366 e. The maximum atomic E-state index is 13.8. The van der Waals surface area contributed by atoms with E-state index in [4.69, 9.17) is 4.74 Å². The lowest BCUT2D eigenvalue weighted by atomic mass is 9.86. The van der Waals surface area contributed by atoms with Crippen LogP contribution in [0, 0.1) is 11.7 Å². The van der Waals surface area contributed by atoms with Crippen LogP contribution in [-0.4, -0.2) is 24.3 Å². The Morgan fingerprint density at radius 2 is 1.95 bits per heavy atom. The summed E-state index contributed by atoms with van der Waals surface area (Å²) < 4.78 is 20.1. The van der Waals surface area contributed by atoms with Crippen molar-refractivity contribution >= 4 is 0 Å². The van der Waals surface area contributed by atoms with Crippen LogP contribution in [0.2, 0.25) is 0 Å². The minimum absolute atomic E-state index is 0.149. The lowest BCUT2D eigenvalue weighted by Gasteiger charge is -2.48. The molecule has 2 nitrogen and oxygen atoms in total. The van der Waals surface area contributed by atoms with Gasteiger partial charge in [0.25, 0.3) is 0 Å². The van der Waals surface area contributed by atoms with Gasteiger partial charge >= 0.3 is 0 Å². The number of hydrogen-bond acceptors (Lipinski definition) is 2. The van der Waals surface area contributed by atoms with E-state index in [0.717, 1.165) is 18.7 Å². The van der Waals surface area contributed by atoms with Crippen LogP contribution in [0.3, 0.4) is 0 Å². The Labute approximate surface area is 115 Å². The topological polar surface area (TPSA) is 21.3 Å². The van der Waals surface area contributed by atoms with Crippen LogP contribution in [0.1, 0.15) is 33.3 Å². The molecule has 0 amide bonds. The fraction of sp³-hybridized carbons (Fsp3) is 0.625. The molecule has 2 rings (SSSR count). The van der Waals surface area contributed by atoms with Crippen molar-refractivity contribution in [1.82, 2.24) is 5.32 Å². The molecule has 2 atom stereocenters. The molecule has 1 aromatic rings. The lowest BCUT2D eigenvalue weighted by molar-refractivity contribution is -0.180. The highest BCUT2D eigenvalue weighted by molar-refractivity contribution is 5.20. The zero-order valence-electron chi connectivity index (χ0n) is 12.3. The third-order valence-electron chi connectivity index (χ3n) is 4.20. The van der Waals surface area contributed by atoms with Crippen LogP contribution in [-0.2, 0) is 11.2 Å². The molecule has 1 aromatic carbocycles. The van der Waals surface area contributed by atoms with Gasteiger partial charge in [-0.1, -0.05) is 32.0 Å². The van der Waals surface area contributed by atoms with Crippen molar-refractivity contribution < 1.29 is 9.13 Å². The number of hydrogen-bond donors (Lipinski definition) is 1. The molecular formula is C16H24FNO. The first-order chi connectivity index (χ1) is 8.85. The summed E-state index contributed by atoms with van der Waals surface area (Å²) in [6.07, 6.45) is 0.592. The van der Waals surface area contributed by atoms with Crippen molar-refractivity contribution in [1.29, 1.82) is 0 Å². The second-order valence-electron chi connectivity index (χ2n) is 6.39. The SMILES string of the molecule is CC(C)C1(C)CNCC(C)(Cc2ccccc2F)O1. The highest BCUT2D eigenvalue weighted by Gasteiger charge is 2.42. The van der Waals surface area contributed by atoms with E-state index in [-0.39, 0.29) is 17.0 Å². The zero-order valence-corrected chi connectivity index (χ0v) is 12.3. The summed E-state index contributed by atoms with van der Waals surface area (Å²) in [5.74, 6) is 0.268. The molecule has 0 aromatic heterocycles. The fourth-order valence-electron chi connectivity index (χ4n) is 2.68. The molecule has 1 heterocycles. The molecule has 1 N–H and O–H groups in total. The maximum absolute atomic E-state index is 13.8. The molecule has 106 valence electrons. The van der Waals surface area contributed by atoms with Crippen LogP contribution < -0.4 is 5.32 Å². The van der Waals surface area contributed by atoms with Gasteiger partial charge in [0.05, 0.1) is 11.2 Å².